The molecule has 108 valence electrons. The Morgan fingerprint density at radius 3 is 2.40 bits per heavy atom. The molecule has 2 aromatic rings. The molecule has 2 rings (SSSR count). The minimum absolute atomic E-state index is 0.0828. The first-order valence-corrected chi connectivity index (χ1v) is 6.55. The lowest BCUT2D eigenvalue weighted by atomic mass is 9.95. The summed E-state index contributed by atoms with van der Waals surface area (Å²) >= 11 is 0. The first kappa shape index (κ1) is 14.9. The van der Waals surface area contributed by atoms with Gasteiger partial charge in [0.2, 0.25) is 0 Å². The highest BCUT2D eigenvalue weighted by atomic mass is 19.4. The van der Waals surface area contributed by atoms with Gasteiger partial charge in [-0.1, -0.05) is 50.2 Å². The van der Waals surface area contributed by atoms with E-state index < -0.39 is 12.3 Å². The molecule has 0 amide bonds. The van der Waals surface area contributed by atoms with E-state index in [1.807, 2.05) is 6.07 Å². The van der Waals surface area contributed by atoms with Crippen molar-refractivity contribution in [2.75, 3.05) is 0 Å². The Hall–Kier alpha value is -1.55. The Labute approximate surface area is 116 Å². The minimum atomic E-state index is -4.65. The summed E-state index contributed by atoms with van der Waals surface area (Å²) in [6.45, 7) is 4.11. The fourth-order valence-electron chi connectivity index (χ4n) is 2.36. The number of halogens is 3. The smallest absolute Gasteiger partial charge is 0.379 e. The number of fused-ring (bicyclic) bond motifs is 1. The van der Waals surface area contributed by atoms with Gasteiger partial charge in [0.15, 0.2) is 6.10 Å². The summed E-state index contributed by atoms with van der Waals surface area (Å²) < 4.78 is 38.2. The quantitative estimate of drug-likeness (QED) is 0.870. The van der Waals surface area contributed by atoms with Crippen molar-refractivity contribution < 1.29 is 18.3 Å². The van der Waals surface area contributed by atoms with Crippen LogP contribution in [0.3, 0.4) is 0 Å². The first-order valence-electron chi connectivity index (χ1n) is 6.55. The minimum Gasteiger partial charge on any atom is -0.379 e. The van der Waals surface area contributed by atoms with Crippen LogP contribution in [0.15, 0.2) is 36.4 Å². The number of rotatable bonds is 3. The van der Waals surface area contributed by atoms with Crippen molar-refractivity contribution >= 4 is 10.8 Å². The molecule has 1 atom stereocenters. The van der Waals surface area contributed by atoms with E-state index in [2.05, 4.69) is 13.8 Å². The van der Waals surface area contributed by atoms with Crippen molar-refractivity contribution in [3.8, 4) is 0 Å². The van der Waals surface area contributed by atoms with Crippen molar-refractivity contribution in [2.24, 2.45) is 5.92 Å². The summed E-state index contributed by atoms with van der Waals surface area (Å²) in [6.07, 6.45) is -6.30. The number of hydrogen-bond acceptors (Lipinski definition) is 1. The van der Waals surface area contributed by atoms with E-state index in [0.717, 1.165) is 12.0 Å². The van der Waals surface area contributed by atoms with Crippen molar-refractivity contribution in [1.29, 1.82) is 0 Å². The summed E-state index contributed by atoms with van der Waals surface area (Å²) in [6, 6.07) is 10.1. The van der Waals surface area contributed by atoms with Crippen molar-refractivity contribution in [2.45, 2.75) is 32.5 Å². The lowest BCUT2D eigenvalue weighted by Gasteiger charge is -2.17. The summed E-state index contributed by atoms with van der Waals surface area (Å²) in [7, 11) is 0. The van der Waals surface area contributed by atoms with Crippen LogP contribution < -0.4 is 0 Å². The molecule has 20 heavy (non-hydrogen) atoms. The van der Waals surface area contributed by atoms with E-state index in [4.69, 9.17) is 0 Å². The largest absolute Gasteiger partial charge is 0.418 e. The predicted molar refractivity (Wildman–Crippen MR) is 73.5 cm³/mol. The third kappa shape index (κ3) is 3.12. The van der Waals surface area contributed by atoms with Gasteiger partial charge in [0, 0.05) is 0 Å². The second kappa shape index (κ2) is 5.44. The molecule has 0 aliphatic carbocycles. The van der Waals surface area contributed by atoms with Crippen LogP contribution in [0.1, 0.15) is 31.1 Å². The highest BCUT2D eigenvalue weighted by Crippen LogP contribution is 2.36. The molecule has 0 bridgehead atoms. The lowest BCUT2D eigenvalue weighted by Crippen LogP contribution is -2.20. The van der Waals surface area contributed by atoms with E-state index in [1.165, 1.54) is 12.1 Å². The van der Waals surface area contributed by atoms with Crippen LogP contribution >= 0.6 is 0 Å². The average Bonchev–Trinajstić information content (AvgIpc) is 2.35. The zero-order valence-corrected chi connectivity index (χ0v) is 11.4. The molecule has 0 radical (unpaired) electrons. The number of alkyl halides is 3. The van der Waals surface area contributed by atoms with E-state index >= 15 is 0 Å². The molecule has 0 heterocycles. The molecule has 0 aliphatic rings. The molecular weight excluding hydrogens is 265 g/mol. The van der Waals surface area contributed by atoms with E-state index in [1.54, 1.807) is 18.2 Å². The molecule has 2 aromatic carbocycles. The molecular formula is C16H17F3O. The summed E-state index contributed by atoms with van der Waals surface area (Å²) in [5, 5.41) is 10.7. The molecule has 1 nitrogen and oxygen atoms in total. The Kier molecular flexibility index (Phi) is 4.04. The van der Waals surface area contributed by atoms with Gasteiger partial charge in [-0.2, -0.15) is 13.2 Å². The van der Waals surface area contributed by atoms with E-state index in [-0.39, 0.29) is 5.56 Å². The fourth-order valence-corrected chi connectivity index (χ4v) is 2.36. The van der Waals surface area contributed by atoms with Crippen molar-refractivity contribution in [3.63, 3.8) is 0 Å². The van der Waals surface area contributed by atoms with Crippen LogP contribution in [0.2, 0.25) is 0 Å². The predicted octanol–water partition coefficient (Wildman–Crippen LogP) is 4.63. The number of hydrogen-bond donors (Lipinski definition) is 1. The van der Waals surface area contributed by atoms with E-state index in [9.17, 15) is 18.3 Å². The first-order chi connectivity index (χ1) is 9.29. The number of benzene rings is 2. The van der Waals surface area contributed by atoms with Crippen molar-refractivity contribution in [1.82, 2.24) is 0 Å². The molecule has 0 saturated carbocycles. The van der Waals surface area contributed by atoms with Gasteiger partial charge in [-0.05, 0) is 34.2 Å². The second-order valence-corrected chi connectivity index (χ2v) is 5.44. The maximum Gasteiger partial charge on any atom is 0.418 e. The zero-order chi connectivity index (χ0) is 14.9. The Morgan fingerprint density at radius 1 is 1.10 bits per heavy atom. The SMILES string of the molecule is CC(C)Cc1ccc2cccc(C(O)C(F)(F)F)c2c1. The molecule has 1 unspecified atom stereocenters. The third-order valence-corrected chi connectivity index (χ3v) is 3.23. The normalized spacial score (nSPS) is 13.9. The molecule has 0 saturated heterocycles. The summed E-state index contributed by atoms with van der Waals surface area (Å²) in [5.41, 5.74) is 0.898. The van der Waals surface area contributed by atoms with Crippen LogP contribution in [0.25, 0.3) is 10.8 Å². The summed E-state index contributed by atoms with van der Waals surface area (Å²) in [5.74, 6) is 0.423. The summed E-state index contributed by atoms with van der Waals surface area (Å²) in [4.78, 5) is 0. The van der Waals surface area contributed by atoms with Gasteiger partial charge in [-0.25, -0.2) is 0 Å². The lowest BCUT2D eigenvalue weighted by molar-refractivity contribution is -0.206. The molecule has 4 heteroatoms. The molecule has 0 aromatic heterocycles. The van der Waals surface area contributed by atoms with Crippen LogP contribution in [0.5, 0.6) is 0 Å². The fraction of sp³-hybridized carbons (Fsp3) is 0.375. The maximum atomic E-state index is 12.7. The third-order valence-electron chi connectivity index (χ3n) is 3.23. The highest BCUT2D eigenvalue weighted by Gasteiger charge is 2.40. The highest BCUT2D eigenvalue weighted by molar-refractivity contribution is 5.86. The molecule has 0 spiro atoms. The second-order valence-electron chi connectivity index (χ2n) is 5.44. The Bertz CT molecular complexity index is 602. The standard InChI is InChI=1S/C16H17F3O/c1-10(2)8-11-6-7-12-4-3-5-13(14(12)9-11)15(20)16(17,18)19/h3-7,9-10,15,20H,8H2,1-2H3. The van der Waals surface area contributed by atoms with E-state index in [0.29, 0.717) is 16.7 Å². The van der Waals surface area contributed by atoms with Gasteiger partial charge in [-0.15, -0.1) is 0 Å². The van der Waals surface area contributed by atoms with Gasteiger partial charge < -0.3 is 5.11 Å². The maximum absolute atomic E-state index is 12.7. The molecule has 0 aliphatic heterocycles. The zero-order valence-electron chi connectivity index (χ0n) is 11.4. The van der Waals surface area contributed by atoms with Crippen LogP contribution in [-0.2, 0) is 6.42 Å². The Balaban J connectivity index is 2.54. The van der Waals surface area contributed by atoms with Gasteiger partial charge >= 0.3 is 6.18 Å². The number of aliphatic hydroxyl groups excluding tert-OH is 1. The van der Waals surface area contributed by atoms with Crippen LogP contribution in [0, 0.1) is 5.92 Å². The van der Waals surface area contributed by atoms with Gasteiger partial charge in [0.05, 0.1) is 0 Å². The van der Waals surface area contributed by atoms with Gasteiger partial charge in [0.1, 0.15) is 0 Å². The number of aliphatic hydroxyl groups is 1. The van der Waals surface area contributed by atoms with Crippen LogP contribution in [-0.4, -0.2) is 11.3 Å². The topological polar surface area (TPSA) is 20.2 Å². The van der Waals surface area contributed by atoms with Crippen molar-refractivity contribution in [3.05, 3.63) is 47.5 Å². The molecule has 1 N–H and O–H groups in total. The molecule has 0 fully saturated rings. The average molecular weight is 282 g/mol. The Morgan fingerprint density at radius 2 is 1.80 bits per heavy atom. The monoisotopic (exact) mass is 282 g/mol. The van der Waals surface area contributed by atoms with Gasteiger partial charge in [0.25, 0.3) is 0 Å². The van der Waals surface area contributed by atoms with Crippen LogP contribution in [0.4, 0.5) is 13.2 Å². The van der Waals surface area contributed by atoms with Gasteiger partial charge in [-0.3, -0.25) is 0 Å².